The summed E-state index contributed by atoms with van der Waals surface area (Å²) >= 11 is 0. The van der Waals surface area contributed by atoms with Gasteiger partial charge < -0.3 is 24.4 Å². The van der Waals surface area contributed by atoms with E-state index in [1.807, 2.05) is 65.3 Å². The molecule has 2 saturated heterocycles. The highest BCUT2D eigenvalue weighted by Gasteiger charge is 2.30. The topological polar surface area (TPSA) is 101 Å². The second-order valence-electron chi connectivity index (χ2n) is 9.91. The number of methoxy groups -OCH3 is 1. The monoisotopic (exact) mass is 503 g/mol. The van der Waals surface area contributed by atoms with Gasteiger partial charge in [-0.25, -0.2) is 0 Å². The van der Waals surface area contributed by atoms with E-state index in [2.05, 4.69) is 15.5 Å². The molecule has 5 rings (SSSR count). The van der Waals surface area contributed by atoms with Gasteiger partial charge in [0.2, 0.25) is 11.7 Å². The minimum atomic E-state index is -0.0353. The van der Waals surface area contributed by atoms with Crippen molar-refractivity contribution in [2.24, 2.45) is 11.8 Å². The van der Waals surface area contributed by atoms with Gasteiger partial charge in [-0.3, -0.25) is 9.59 Å². The largest absolute Gasteiger partial charge is 0.497 e. The summed E-state index contributed by atoms with van der Waals surface area (Å²) in [5.41, 5.74) is 2.72. The van der Waals surface area contributed by atoms with E-state index >= 15 is 0 Å². The lowest BCUT2D eigenvalue weighted by Crippen LogP contribution is -2.42. The highest BCUT2D eigenvalue weighted by molar-refractivity contribution is 5.94. The maximum atomic E-state index is 12.8. The Morgan fingerprint density at radius 2 is 1.76 bits per heavy atom. The number of likely N-dealkylation sites (tertiary alicyclic amines) is 1. The molecule has 3 aromatic rings. The van der Waals surface area contributed by atoms with Crippen molar-refractivity contribution in [1.82, 2.24) is 20.4 Å². The molecule has 0 saturated carbocycles. The van der Waals surface area contributed by atoms with Crippen LogP contribution >= 0.6 is 0 Å². The lowest BCUT2D eigenvalue weighted by atomic mass is 9.96. The molecule has 0 bridgehead atoms. The van der Waals surface area contributed by atoms with E-state index < -0.39 is 0 Å². The number of anilines is 1. The summed E-state index contributed by atoms with van der Waals surface area (Å²) in [5, 5.41) is 7.24. The van der Waals surface area contributed by atoms with Gasteiger partial charge in [-0.05, 0) is 68.5 Å². The molecule has 1 unspecified atom stereocenters. The van der Waals surface area contributed by atoms with E-state index in [-0.39, 0.29) is 23.7 Å². The van der Waals surface area contributed by atoms with Crippen LogP contribution in [0.15, 0.2) is 53.1 Å². The van der Waals surface area contributed by atoms with Crippen LogP contribution in [0, 0.1) is 18.8 Å². The predicted octanol–water partition coefficient (Wildman–Crippen LogP) is 3.55. The first-order valence-corrected chi connectivity index (χ1v) is 12.9. The molecular weight excluding hydrogens is 470 g/mol. The zero-order chi connectivity index (χ0) is 25.8. The van der Waals surface area contributed by atoms with Crippen LogP contribution in [-0.4, -0.2) is 66.7 Å². The van der Waals surface area contributed by atoms with Gasteiger partial charge in [-0.2, -0.15) is 4.98 Å². The summed E-state index contributed by atoms with van der Waals surface area (Å²) in [6, 6.07) is 15.7. The van der Waals surface area contributed by atoms with Gasteiger partial charge in [-0.1, -0.05) is 22.9 Å². The van der Waals surface area contributed by atoms with Crippen LogP contribution in [0.25, 0.3) is 11.4 Å². The maximum Gasteiger partial charge on any atom is 0.324 e. The summed E-state index contributed by atoms with van der Waals surface area (Å²) in [7, 11) is 1.63. The number of rotatable bonds is 7. The number of carbonyl (C=O) groups is 2. The summed E-state index contributed by atoms with van der Waals surface area (Å²) < 4.78 is 10.7. The van der Waals surface area contributed by atoms with E-state index in [1.54, 1.807) is 7.11 Å². The third kappa shape index (κ3) is 5.76. The molecule has 1 aromatic heterocycles. The number of hydrogen-bond acceptors (Lipinski definition) is 7. The normalized spacial score (nSPS) is 18.2. The van der Waals surface area contributed by atoms with Crippen LogP contribution < -0.4 is 15.0 Å². The van der Waals surface area contributed by atoms with Crippen molar-refractivity contribution in [2.45, 2.75) is 26.2 Å². The molecule has 1 N–H and O–H groups in total. The lowest BCUT2D eigenvalue weighted by molar-refractivity contribution is -0.125. The molecule has 9 heteroatoms. The molecule has 2 aliphatic rings. The first-order valence-electron chi connectivity index (χ1n) is 12.9. The molecule has 2 fully saturated rings. The van der Waals surface area contributed by atoms with Crippen molar-refractivity contribution in [3.05, 3.63) is 59.7 Å². The molecule has 1 atom stereocenters. The van der Waals surface area contributed by atoms with Gasteiger partial charge in [0.25, 0.3) is 5.91 Å². The van der Waals surface area contributed by atoms with Gasteiger partial charge in [-0.15, -0.1) is 0 Å². The molecule has 2 aliphatic heterocycles. The van der Waals surface area contributed by atoms with Crippen molar-refractivity contribution in [3.8, 4) is 17.1 Å². The first kappa shape index (κ1) is 24.8. The zero-order valence-corrected chi connectivity index (χ0v) is 21.4. The van der Waals surface area contributed by atoms with Crippen LogP contribution in [0.4, 0.5) is 6.01 Å². The number of ether oxygens (including phenoxy) is 1. The Morgan fingerprint density at radius 3 is 2.46 bits per heavy atom. The van der Waals surface area contributed by atoms with E-state index in [1.165, 1.54) is 0 Å². The summed E-state index contributed by atoms with van der Waals surface area (Å²) in [6.07, 6.45) is 2.37. The van der Waals surface area contributed by atoms with Gasteiger partial charge in [0.1, 0.15) is 5.75 Å². The fourth-order valence-electron chi connectivity index (χ4n) is 4.99. The van der Waals surface area contributed by atoms with Crippen molar-refractivity contribution >= 4 is 17.8 Å². The fourth-order valence-corrected chi connectivity index (χ4v) is 4.99. The van der Waals surface area contributed by atoms with E-state index in [0.717, 1.165) is 48.2 Å². The third-order valence-corrected chi connectivity index (χ3v) is 7.34. The smallest absolute Gasteiger partial charge is 0.324 e. The second-order valence-corrected chi connectivity index (χ2v) is 9.91. The quantitative estimate of drug-likeness (QED) is 0.526. The average molecular weight is 504 g/mol. The Balaban J connectivity index is 1.06. The third-order valence-electron chi connectivity index (χ3n) is 7.34. The molecule has 2 aromatic carbocycles. The molecule has 194 valence electrons. The Morgan fingerprint density at radius 1 is 1.03 bits per heavy atom. The van der Waals surface area contributed by atoms with Gasteiger partial charge in [0.15, 0.2) is 0 Å². The van der Waals surface area contributed by atoms with Gasteiger partial charge in [0, 0.05) is 49.8 Å². The molecule has 2 amide bonds. The summed E-state index contributed by atoms with van der Waals surface area (Å²) in [4.78, 5) is 34.1. The minimum absolute atomic E-state index is 0.0353. The maximum absolute atomic E-state index is 12.8. The number of aromatic nitrogens is 2. The molecule has 0 radical (unpaired) electrons. The SMILES string of the molecule is COc1ccc(-c2noc(N3CCC(C(=O)NCC4CCN(C(=O)c5ccc(C)cc5)C4)CC3)n2)cc1. The average Bonchev–Trinajstić information content (AvgIpc) is 3.62. The zero-order valence-electron chi connectivity index (χ0n) is 21.4. The first-order chi connectivity index (χ1) is 18.0. The fraction of sp³-hybridized carbons (Fsp3) is 0.429. The lowest BCUT2D eigenvalue weighted by Gasteiger charge is -2.30. The molecule has 3 heterocycles. The van der Waals surface area contributed by atoms with Crippen LogP contribution in [0.2, 0.25) is 0 Å². The highest BCUT2D eigenvalue weighted by Crippen LogP contribution is 2.26. The van der Waals surface area contributed by atoms with E-state index in [9.17, 15) is 9.59 Å². The van der Waals surface area contributed by atoms with Crippen LogP contribution in [0.1, 0.15) is 35.2 Å². The Bertz CT molecular complexity index is 1220. The van der Waals surface area contributed by atoms with Gasteiger partial charge in [0.05, 0.1) is 7.11 Å². The molecule has 0 aliphatic carbocycles. The number of benzene rings is 2. The number of amides is 2. The highest BCUT2D eigenvalue weighted by atomic mass is 16.5. The molecule has 37 heavy (non-hydrogen) atoms. The molecule has 9 nitrogen and oxygen atoms in total. The van der Waals surface area contributed by atoms with Crippen LogP contribution in [0.3, 0.4) is 0 Å². The van der Waals surface area contributed by atoms with E-state index in [0.29, 0.717) is 38.0 Å². The number of hydrogen-bond donors (Lipinski definition) is 1. The number of nitrogens with zero attached hydrogens (tertiary/aromatic N) is 4. The van der Waals surface area contributed by atoms with Crippen LogP contribution in [-0.2, 0) is 4.79 Å². The Kier molecular flexibility index (Phi) is 7.39. The standard InChI is InChI=1S/C28H33N5O4/c1-19-3-5-23(6-4-19)27(35)33-14-11-20(18-33)17-29-26(34)22-12-15-32(16-13-22)28-30-25(31-37-28)21-7-9-24(36-2)10-8-21/h3-10,20,22H,11-18H2,1-2H3,(H,29,34). The predicted molar refractivity (Wildman–Crippen MR) is 139 cm³/mol. The van der Waals surface area contributed by atoms with Crippen molar-refractivity contribution in [2.75, 3.05) is 44.7 Å². The minimum Gasteiger partial charge on any atom is -0.497 e. The molecule has 0 spiro atoms. The van der Waals surface area contributed by atoms with Gasteiger partial charge >= 0.3 is 6.01 Å². The number of piperidine rings is 1. The van der Waals surface area contributed by atoms with Crippen molar-refractivity contribution in [1.29, 1.82) is 0 Å². The second kappa shape index (κ2) is 11.0. The number of carbonyl (C=O) groups excluding carboxylic acids is 2. The van der Waals surface area contributed by atoms with Crippen molar-refractivity contribution < 1.29 is 18.8 Å². The number of aryl methyl sites for hydroxylation is 1. The summed E-state index contributed by atoms with van der Waals surface area (Å²) in [5.74, 6) is 1.71. The number of nitrogens with one attached hydrogen (secondary N) is 1. The van der Waals surface area contributed by atoms with Crippen LogP contribution in [0.5, 0.6) is 5.75 Å². The van der Waals surface area contributed by atoms with E-state index in [4.69, 9.17) is 9.26 Å². The Hall–Kier alpha value is -3.88. The van der Waals surface area contributed by atoms with Crippen molar-refractivity contribution in [3.63, 3.8) is 0 Å². The Labute approximate surface area is 216 Å². The summed E-state index contributed by atoms with van der Waals surface area (Å²) in [6.45, 7) is 5.39. The molecular formula is C28H33N5O4.